The number of aryl methyl sites for hydroxylation is 1. The Morgan fingerprint density at radius 3 is 2.49 bits per heavy atom. The Morgan fingerprint density at radius 1 is 1.26 bits per heavy atom. The number of hydrogen-bond acceptors (Lipinski definition) is 6. The summed E-state index contributed by atoms with van der Waals surface area (Å²) in [6.07, 6.45) is 2.45. The molecule has 4 rings (SSSR count). The third kappa shape index (κ3) is 6.19. The Kier molecular flexibility index (Phi) is 8.88. The van der Waals surface area contributed by atoms with E-state index in [1.807, 2.05) is 20.9 Å². The molecule has 0 amide bonds. The average molecular weight is 490 g/mol. The summed E-state index contributed by atoms with van der Waals surface area (Å²) in [5.74, 6) is -1.30. The fourth-order valence-corrected chi connectivity index (χ4v) is 4.35. The second-order valence-corrected chi connectivity index (χ2v) is 9.32. The van der Waals surface area contributed by atoms with Crippen LogP contribution in [0.3, 0.4) is 0 Å². The number of benzene rings is 1. The SMILES string of the molecule is CC(C)c1nc2c(c(C3CC3)nn2C)c(-c2ccc(F)cc2)c1/C=C/[C@@H](O)C[C@@H](O)CC(=O)[O-].[Na+]. The van der Waals surface area contributed by atoms with E-state index in [0.717, 1.165) is 52.0 Å². The Labute approximate surface area is 226 Å². The molecule has 1 aromatic carbocycles. The van der Waals surface area contributed by atoms with Crippen LogP contribution in [0.1, 0.15) is 68.3 Å². The first-order valence-corrected chi connectivity index (χ1v) is 11.6. The van der Waals surface area contributed by atoms with Crippen molar-refractivity contribution in [1.82, 2.24) is 14.8 Å². The molecule has 0 unspecified atom stereocenters. The summed E-state index contributed by atoms with van der Waals surface area (Å²) in [7, 11) is 1.87. The molecule has 180 valence electrons. The van der Waals surface area contributed by atoms with E-state index in [1.54, 1.807) is 22.9 Å². The van der Waals surface area contributed by atoms with Gasteiger partial charge in [-0.15, -0.1) is 0 Å². The van der Waals surface area contributed by atoms with E-state index < -0.39 is 24.6 Å². The van der Waals surface area contributed by atoms with Crippen molar-refractivity contribution in [3.8, 4) is 11.1 Å². The number of carboxylic acid groups (broad SMARTS) is 1. The number of carbonyl (C=O) groups is 1. The zero-order valence-electron chi connectivity index (χ0n) is 20.5. The van der Waals surface area contributed by atoms with Crippen molar-refractivity contribution in [2.75, 3.05) is 0 Å². The van der Waals surface area contributed by atoms with Gasteiger partial charge in [-0.05, 0) is 36.5 Å². The molecule has 2 atom stereocenters. The van der Waals surface area contributed by atoms with Gasteiger partial charge in [0, 0.05) is 42.9 Å². The minimum Gasteiger partial charge on any atom is -0.550 e. The van der Waals surface area contributed by atoms with Gasteiger partial charge in [0.05, 0.1) is 29.0 Å². The van der Waals surface area contributed by atoms with Gasteiger partial charge in [-0.3, -0.25) is 4.68 Å². The Morgan fingerprint density at radius 2 is 1.91 bits per heavy atom. The second kappa shape index (κ2) is 11.3. The summed E-state index contributed by atoms with van der Waals surface area (Å²) in [4.78, 5) is 15.7. The van der Waals surface area contributed by atoms with Crippen molar-refractivity contribution in [3.63, 3.8) is 0 Å². The van der Waals surface area contributed by atoms with E-state index in [9.17, 15) is 24.5 Å². The molecule has 3 aromatic rings. The fraction of sp³-hybridized carbons (Fsp3) is 0.423. The van der Waals surface area contributed by atoms with E-state index in [4.69, 9.17) is 10.1 Å². The molecule has 2 aromatic heterocycles. The van der Waals surface area contributed by atoms with Crippen LogP contribution in [0.5, 0.6) is 0 Å². The Balaban J connectivity index is 0.00000342. The number of aliphatic carboxylic acids is 1. The number of aliphatic hydroxyl groups is 2. The van der Waals surface area contributed by atoms with Crippen LogP contribution in [0.25, 0.3) is 28.2 Å². The molecule has 1 fully saturated rings. The molecule has 0 radical (unpaired) electrons. The molecule has 0 bridgehead atoms. The molecule has 2 N–H and O–H groups in total. The third-order valence-corrected chi connectivity index (χ3v) is 6.11. The summed E-state index contributed by atoms with van der Waals surface area (Å²) >= 11 is 0. The molecular weight excluding hydrogens is 460 g/mol. The summed E-state index contributed by atoms with van der Waals surface area (Å²) in [5, 5.41) is 36.7. The summed E-state index contributed by atoms with van der Waals surface area (Å²) in [6.45, 7) is 4.05. The molecule has 1 aliphatic carbocycles. The van der Waals surface area contributed by atoms with E-state index in [0.29, 0.717) is 5.92 Å². The number of carbonyl (C=O) groups excluding carboxylic acids is 1. The zero-order valence-corrected chi connectivity index (χ0v) is 22.5. The first-order chi connectivity index (χ1) is 16.2. The molecule has 9 heteroatoms. The maximum Gasteiger partial charge on any atom is 1.00 e. The van der Waals surface area contributed by atoms with Gasteiger partial charge in [0.25, 0.3) is 0 Å². The van der Waals surface area contributed by atoms with Crippen LogP contribution in [0, 0.1) is 5.82 Å². The van der Waals surface area contributed by atoms with Crippen LogP contribution < -0.4 is 34.7 Å². The number of pyridine rings is 1. The van der Waals surface area contributed by atoms with Crippen LogP contribution in [0.2, 0.25) is 0 Å². The van der Waals surface area contributed by atoms with Crippen LogP contribution in [-0.4, -0.2) is 43.2 Å². The number of fused-ring (bicyclic) bond motifs is 1. The predicted molar refractivity (Wildman–Crippen MR) is 125 cm³/mol. The second-order valence-electron chi connectivity index (χ2n) is 9.32. The van der Waals surface area contributed by atoms with Crippen LogP contribution in [0.4, 0.5) is 4.39 Å². The molecule has 1 aliphatic rings. The zero-order chi connectivity index (χ0) is 24.6. The monoisotopic (exact) mass is 489 g/mol. The van der Waals surface area contributed by atoms with Gasteiger partial charge in [-0.2, -0.15) is 5.10 Å². The first kappa shape index (κ1) is 27.5. The molecule has 2 heterocycles. The quantitative estimate of drug-likeness (QED) is 0.411. The molecule has 7 nitrogen and oxygen atoms in total. The van der Waals surface area contributed by atoms with Gasteiger partial charge in [0.2, 0.25) is 0 Å². The molecule has 35 heavy (non-hydrogen) atoms. The third-order valence-electron chi connectivity index (χ3n) is 6.11. The van der Waals surface area contributed by atoms with Crippen molar-refractivity contribution in [3.05, 3.63) is 53.1 Å². The van der Waals surface area contributed by atoms with Gasteiger partial charge in [-0.1, -0.05) is 38.1 Å². The number of carboxylic acids is 1. The van der Waals surface area contributed by atoms with Crippen molar-refractivity contribution in [2.24, 2.45) is 7.05 Å². The summed E-state index contributed by atoms with van der Waals surface area (Å²) in [5.41, 5.74) is 5.01. The van der Waals surface area contributed by atoms with E-state index >= 15 is 0 Å². The largest absolute Gasteiger partial charge is 1.00 e. The van der Waals surface area contributed by atoms with Gasteiger partial charge in [0.1, 0.15) is 5.82 Å². The Bertz CT molecular complexity index is 1240. The van der Waals surface area contributed by atoms with Crippen molar-refractivity contribution >= 4 is 23.1 Å². The van der Waals surface area contributed by atoms with Crippen LogP contribution in [-0.2, 0) is 11.8 Å². The normalized spacial score (nSPS) is 15.5. The molecule has 0 spiro atoms. The summed E-state index contributed by atoms with van der Waals surface area (Å²) in [6, 6.07) is 6.30. The number of halogens is 1. The van der Waals surface area contributed by atoms with Crippen molar-refractivity contribution in [2.45, 2.75) is 63.6 Å². The minimum absolute atomic E-state index is 0. The van der Waals surface area contributed by atoms with Crippen LogP contribution >= 0.6 is 0 Å². The number of nitrogens with zero attached hydrogens (tertiary/aromatic N) is 3. The van der Waals surface area contributed by atoms with E-state index in [1.165, 1.54) is 18.2 Å². The number of rotatable bonds is 9. The molecule has 0 saturated heterocycles. The molecule has 0 aliphatic heterocycles. The average Bonchev–Trinajstić information content (AvgIpc) is 3.55. The smallest absolute Gasteiger partial charge is 0.550 e. The maximum absolute atomic E-state index is 13.8. The van der Waals surface area contributed by atoms with Crippen LogP contribution in [0.15, 0.2) is 30.3 Å². The van der Waals surface area contributed by atoms with Gasteiger partial charge in [0.15, 0.2) is 5.65 Å². The van der Waals surface area contributed by atoms with E-state index in [-0.39, 0.29) is 47.7 Å². The topological polar surface area (TPSA) is 111 Å². The summed E-state index contributed by atoms with van der Waals surface area (Å²) < 4.78 is 15.6. The standard InChI is InChI=1S/C26H30FN3O4.Na/c1-14(2)24-20(11-10-18(31)12-19(32)13-21(33)34)22(15-6-8-17(27)9-7-15)23-25(16-4-5-16)29-30(3)26(23)28-24;/h6-11,14,16,18-19,31-32H,4-5,12-13H2,1-3H3,(H,33,34);/q;+1/p-1/b11-10+;/t18-,19-;/m1./s1. The fourth-order valence-electron chi connectivity index (χ4n) is 4.35. The minimum atomic E-state index is -1.37. The number of aromatic nitrogens is 3. The first-order valence-electron chi connectivity index (χ1n) is 11.6. The number of hydrogen-bond donors (Lipinski definition) is 2. The van der Waals surface area contributed by atoms with Gasteiger partial charge < -0.3 is 20.1 Å². The maximum atomic E-state index is 13.8. The van der Waals surface area contributed by atoms with Gasteiger partial charge in [-0.25, -0.2) is 9.37 Å². The van der Waals surface area contributed by atoms with Crippen molar-refractivity contribution < 1.29 is 54.1 Å². The van der Waals surface area contributed by atoms with Crippen molar-refractivity contribution in [1.29, 1.82) is 0 Å². The van der Waals surface area contributed by atoms with Gasteiger partial charge >= 0.3 is 29.6 Å². The number of aliphatic hydroxyl groups excluding tert-OH is 2. The molecular formula is C26H29FN3NaO4. The predicted octanol–water partition coefficient (Wildman–Crippen LogP) is 0.0443. The Hall–Kier alpha value is -2.10. The molecule has 1 saturated carbocycles. The van der Waals surface area contributed by atoms with E-state index in [2.05, 4.69) is 0 Å².